The zero-order valence-corrected chi connectivity index (χ0v) is 14.0. The fourth-order valence-corrected chi connectivity index (χ4v) is 3.10. The minimum absolute atomic E-state index is 0.117. The molecule has 1 heterocycles. The van der Waals surface area contributed by atoms with Gasteiger partial charge in [0.15, 0.2) is 8.32 Å². The van der Waals surface area contributed by atoms with Crippen LogP contribution in [0.15, 0.2) is 9.66 Å². The predicted octanol–water partition coefficient (Wildman–Crippen LogP) is 3.43. The summed E-state index contributed by atoms with van der Waals surface area (Å²) in [6.45, 7) is 9.57. The Balaban J connectivity index is 2.41. The second-order valence-corrected chi connectivity index (χ2v) is 11.1. The van der Waals surface area contributed by atoms with E-state index in [1.807, 2.05) is 13.1 Å². The Labute approximate surface area is 114 Å². The first-order chi connectivity index (χ1) is 7.26. The van der Waals surface area contributed by atoms with Crippen LogP contribution in [-0.2, 0) is 0 Å². The molecule has 0 unspecified atom stereocenters. The highest BCUT2D eigenvalue weighted by molar-refractivity contribution is 14.1. The van der Waals surface area contributed by atoms with Crippen LogP contribution >= 0.6 is 22.6 Å². The summed E-state index contributed by atoms with van der Waals surface area (Å²) >= 11 is 2.32. The van der Waals surface area contributed by atoms with E-state index >= 15 is 0 Å². The normalized spacial score (nSPS) is 25.4. The molecule has 1 aliphatic rings. The molecular formula is C12H24INOSi. The third-order valence-corrected chi connectivity index (χ3v) is 8.50. The number of hydrogen-bond acceptors (Lipinski definition) is 2. The summed E-state index contributed by atoms with van der Waals surface area (Å²) in [5.74, 6) is 0. The van der Waals surface area contributed by atoms with E-state index in [2.05, 4.69) is 45.8 Å². The third kappa shape index (κ3) is 3.82. The van der Waals surface area contributed by atoms with E-state index in [1.54, 1.807) is 0 Å². The second-order valence-electron chi connectivity index (χ2n) is 6.03. The van der Waals surface area contributed by atoms with Crippen LogP contribution in [0.5, 0.6) is 0 Å². The van der Waals surface area contributed by atoms with Crippen molar-refractivity contribution < 1.29 is 4.80 Å². The van der Waals surface area contributed by atoms with Crippen molar-refractivity contribution in [1.29, 1.82) is 0 Å². The van der Waals surface area contributed by atoms with E-state index < -0.39 is 8.32 Å². The largest absolute Gasteiger partial charge is 0.432 e. The first kappa shape index (κ1) is 14.7. The molecule has 0 saturated carbocycles. The van der Waals surface area contributed by atoms with Crippen LogP contribution in [0.1, 0.15) is 33.1 Å². The first-order valence-corrected chi connectivity index (χ1v) is 10.2. The molecule has 0 aliphatic carbocycles. The lowest BCUT2D eigenvalue weighted by molar-refractivity contribution is 0.417. The van der Waals surface area contributed by atoms with Gasteiger partial charge < -0.3 is 10.1 Å². The molecule has 2 nitrogen and oxygen atoms in total. The van der Waals surface area contributed by atoms with Crippen molar-refractivity contribution in [2.24, 2.45) is 0 Å². The predicted molar refractivity (Wildman–Crippen MR) is 81.5 cm³/mol. The summed E-state index contributed by atoms with van der Waals surface area (Å²) in [4.78, 5) is 10.2. The van der Waals surface area contributed by atoms with Gasteiger partial charge in [-0.25, -0.2) is 0 Å². The molecule has 0 spiro atoms. The Bertz CT molecular complexity index is 271. The molecule has 94 valence electrons. The molecule has 0 bridgehead atoms. The number of halogens is 1. The molecule has 0 aromatic carbocycles. The van der Waals surface area contributed by atoms with Crippen LogP contribution in [0.25, 0.3) is 0 Å². The lowest BCUT2D eigenvalue weighted by atomic mass is 10.0. The Morgan fingerprint density at radius 1 is 1.56 bits per heavy atom. The van der Waals surface area contributed by atoms with Crippen molar-refractivity contribution in [2.75, 3.05) is 6.54 Å². The highest BCUT2D eigenvalue weighted by Gasteiger charge is 2.38. The number of nitrogens with one attached hydrogen (secondary N) is 1. The van der Waals surface area contributed by atoms with Crippen molar-refractivity contribution in [3.63, 3.8) is 0 Å². The smallest absolute Gasteiger partial charge is 0.188 e. The van der Waals surface area contributed by atoms with Crippen LogP contribution in [0, 0.1) is 0 Å². The topological polar surface area (TPSA) is 32.3 Å². The summed E-state index contributed by atoms with van der Waals surface area (Å²) in [7, 11) is -2.03. The van der Waals surface area contributed by atoms with Gasteiger partial charge in [0, 0.05) is 12.6 Å². The van der Waals surface area contributed by atoms with Gasteiger partial charge in [-0.05, 0) is 47.1 Å². The van der Waals surface area contributed by atoms with Gasteiger partial charge in [0.2, 0.25) is 0 Å². The van der Waals surface area contributed by atoms with Gasteiger partial charge in [-0.3, -0.25) is 0 Å². The number of hydrogen-bond donors (Lipinski definition) is 2. The molecule has 2 N–H and O–H groups in total. The molecule has 4 heteroatoms. The maximum atomic E-state index is 10.2. The first-order valence-electron chi connectivity index (χ1n) is 6.00. The Morgan fingerprint density at radius 2 is 2.19 bits per heavy atom. The third-order valence-electron chi connectivity index (χ3n) is 4.05. The van der Waals surface area contributed by atoms with Gasteiger partial charge in [-0.2, -0.15) is 0 Å². The fourth-order valence-electron chi connectivity index (χ4n) is 1.86. The molecule has 0 aromatic rings. The van der Waals surface area contributed by atoms with E-state index in [0.29, 0.717) is 6.04 Å². The van der Waals surface area contributed by atoms with Crippen LogP contribution in [0.4, 0.5) is 0 Å². The lowest BCUT2D eigenvalue weighted by Crippen LogP contribution is -2.39. The maximum Gasteiger partial charge on any atom is 0.188 e. The van der Waals surface area contributed by atoms with Gasteiger partial charge in [0.25, 0.3) is 0 Å². The lowest BCUT2D eigenvalue weighted by Gasteiger charge is -2.35. The molecule has 0 aromatic heterocycles. The molecule has 1 aliphatic heterocycles. The number of rotatable bonds is 4. The molecule has 1 atom stereocenters. The van der Waals surface area contributed by atoms with Crippen LogP contribution < -0.4 is 5.32 Å². The molecule has 1 saturated heterocycles. The van der Waals surface area contributed by atoms with Crippen molar-refractivity contribution in [3.05, 3.63) is 9.66 Å². The monoisotopic (exact) mass is 353 g/mol. The summed E-state index contributed by atoms with van der Waals surface area (Å²) < 4.78 is 2.20. The van der Waals surface area contributed by atoms with Gasteiger partial charge in [0.1, 0.15) is 0 Å². The molecule has 1 fully saturated rings. The van der Waals surface area contributed by atoms with E-state index in [9.17, 15) is 4.80 Å². The van der Waals surface area contributed by atoms with Crippen LogP contribution in [-0.4, -0.2) is 25.7 Å². The van der Waals surface area contributed by atoms with Gasteiger partial charge in [0.05, 0.1) is 0 Å². The maximum absolute atomic E-state index is 10.2. The average molecular weight is 353 g/mol. The van der Waals surface area contributed by atoms with Gasteiger partial charge in [-0.1, -0.05) is 36.4 Å². The Kier molecular flexibility index (Phi) is 5.04. The Hall–Kier alpha value is 0.607. The van der Waals surface area contributed by atoms with Crippen LogP contribution in [0.3, 0.4) is 0 Å². The summed E-state index contributed by atoms with van der Waals surface area (Å²) in [5, 5.41) is 3.66. The minimum atomic E-state index is -2.03. The molecular weight excluding hydrogens is 329 g/mol. The quantitative estimate of drug-likeness (QED) is 0.600. The molecule has 1 rings (SSSR count). The van der Waals surface area contributed by atoms with Crippen molar-refractivity contribution in [2.45, 2.75) is 57.3 Å². The van der Waals surface area contributed by atoms with Crippen molar-refractivity contribution in [1.82, 2.24) is 5.32 Å². The summed E-state index contributed by atoms with van der Waals surface area (Å²) in [6.07, 6.45) is 3.49. The zero-order valence-electron chi connectivity index (χ0n) is 10.8. The van der Waals surface area contributed by atoms with Crippen LogP contribution in [0.2, 0.25) is 18.1 Å². The fraction of sp³-hybridized carbons (Fsp3) is 0.833. The summed E-state index contributed by atoms with van der Waals surface area (Å²) in [5.41, 5.74) is 1.52. The van der Waals surface area contributed by atoms with E-state index in [-0.39, 0.29) is 5.04 Å². The van der Waals surface area contributed by atoms with Crippen molar-refractivity contribution >= 4 is 30.9 Å². The van der Waals surface area contributed by atoms with E-state index in [0.717, 1.165) is 13.0 Å². The van der Waals surface area contributed by atoms with E-state index in [1.165, 1.54) is 18.4 Å². The zero-order chi connectivity index (χ0) is 12.4. The SMILES string of the molecule is CC(C)(CC[C@@H]1C/C(=C/I)CN1)[Si](C)(C)O. The standard InChI is InChI=1S/C12H24INOSi/c1-12(2,16(3,4)15)6-5-11-7-10(8-13)9-14-11/h8,11,14-15H,5-7,9H2,1-4H3/b10-8-/t11-/m1/s1. The van der Waals surface area contributed by atoms with E-state index in [4.69, 9.17) is 0 Å². The van der Waals surface area contributed by atoms with Gasteiger partial charge in [-0.15, -0.1) is 0 Å². The van der Waals surface area contributed by atoms with Gasteiger partial charge >= 0.3 is 0 Å². The Morgan fingerprint density at radius 3 is 2.62 bits per heavy atom. The van der Waals surface area contributed by atoms with Crippen molar-refractivity contribution in [3.8, 4) is 0 Å². The summed E-state index contributed by atoms with van der Waals surface area (Å²) in [6, 6.07) is 0.622. The molecule has 0 amide bonds. The average Bonchev–Trinajstić information content (AvgIpc) is 2.60. The highest BCUT2D eigenvalue weighted by Crippen LogP contribution is 2.40. The molecule has 0 radical (unpaired) electrons. The molecule has 16 heavy (non-hydrogen) atoms. The highest BCUT2D eigenvalue weighted by atomic mass is 127. The minimum Gasteiger partial charge on any atom is -0.432 e. The second kappa shape index (κ2) is 5.50.